The number of carbonyl (C=O) groups excluding carboxylic acids is 1. The molecule has 1 amide bonds. The molecule has 1 spiro atoms. The minimum Gasteiger partial charge on any atom is -0.339 e. The van der Waals surface area contributed by atoms with Crippen molar-refractivity contribution in [3.05, 3.63) is 41.5 Å². The maximum Gasteiger partial charge on any atom is 0.232 e. The normalized spacial score (nSPS) is 24.6. The largest absolute Gasteiger partial charge is 0.339 e. The average Bonchev–Trinajstić information content (AvgIpc) is 2.88. The molecule has 2 N–H and O–H groups in total. The molecule has 1 saturated heterocycles. The van der Waals surface area contributed by atoms with E-state index >= 15 is 0 Å². The Balaban J connectivity index is 0.00000169. The summed E-state index contributed by atoms with van der Waals surface area (Å²) < 4.78 is 5.37. The van der Waals surface area contributed by atoms with Gasteiger partial charge in [-0.25, -0.2) is 0 Å². The first-order valence-electron chi connectivity index (χ1n) is 8.04. The molecule has 6 nitrogen and oxygen atoms in total. The molecule has 0 radical (unpaired) electrons. The predicted molar refractivity (Wildman–Crippen MR) is 92.3 cm³/mol. The molecule has 0 bridgehead atoms. The summed E-state index contributed by atoms with van der Waals surface area (Å²) in [6.07, 6.45) is 2.41. The first kappa shape index (κ1) is 16.9. The summed E-state index contributed by atoms with van der Waals surface area (Å²) in [4.78, 5) is 16.5. The zero-order valence-electron chi connectivity index (χ0n) is 13.5. The number of nitrogens with one attached hydrogen (secondary N) is 2. The van der Waals surface area contributed by atoms with Crippen molar-refractivity contribution in [2.45, 2.75) is 32.1 Å². The highest BCUT2D eigenvalue weighted by molar-refractivity contribution is 5.91. The molecule has 2 unspecified atom stereocenters. The Bertz CT molecular complexity index is 722. The van der Waals surface area contributed by atoms with Crippen LogP contribution >= 0.6 is 12.4 Å². The number of amides is 1. The highest BCUT2D eigenvalue weighted by Crippen LogP contribution is 2.62. The summed E-state index contributed by atoms with van der Waals surface area (Å²) >= 11 is 0. The molecule has 2 fully saturated rings. The van der Waals surface area contributed by atoms with E-state index in [-0.39, 0.29) is 24.7 Å². The minimum absolute atomic E-state index is 0. The first-order chi connectivity index (χ1) is 11.1. The van der Waals surface area contributed by atoms with Gasteiger partial charge in [0.25, 0.3) is 0 Å². The summed E-state index contributed by atoms with van der Waals surface area (Å²) in [7, 11) is 0. The topological polar surface area (TPSA) is 80.0 Å². The maximum absolute atomic E-state index is 12.1. The predicted octanol–water partition coefficient (Wildman–Crippen LogP) is 2.45. The van der Waals surface area contributed by atoms with Crippen molar-refractivity contribution >= 4 is 24.0 Å². The second-order valence-electron chi connectivity index (χ2n) is 6.69. The van der Waals surface area contributed by atoms with Gasteiger partial charge in [-0.2, -0.15) is 4.98 Å². The summed E-state index contributed by atoms with van der Waals surface area (Å²) in [6.45, 7) is 4.11. The number of hydrogen-bond donors (Lipinski definition) is 2. The van der Waals surface area contributed by atoms with Crippen LogP contribution in [-0.4, -0.2) is 29.1 Å². The van der Waals surface area contributed by atoms with E-state index in [4.69, 9.17) is 4.52 Å². The van der Waals surface area contributed by atoms with Crippen molar-refractivity contribution in [2.75, 3.05) is 18.4 Å². The standard InChI is InChI=1S/C17H20N4O2.ClH/c1-11-2-4-12(5-3-11)19-15(22)8-14-20-16(23-21-14)13-9-17(13)6-7-18-10-17;/h2-5,13,18H,6-10H2,1H3,(H,19,22);1H. The van der Waals surface area contributed by atoms with Gasteiger partial charge in [-0.3, -0.25) is 4.79 Å². The second-order valence-corrected chi connectivity index (χ2v) is 6.69. The van der Waals surface area contributed by atoms with Gasteiger partial charge in [0.1, 0.15) is 0 Å². The quantitative estimate of drug-likeness (QED) is 0.887. The van der Waals surface area contributed by atoms with Crippen LogP contribution < -0.4 is 10.6 Å². The average molecular weight is 349 g/mol. The minimum atomic E-state index is -0.130. The van der Waals surface area contributed by atoms with Crippen LogP contribution in [0, 0.1) is 12.3 Å². The molecule has 7 heteroatoms. The summed E-state index contributed by atoms with van der Waals surface area (Å²) in [5, 5.41) is 10.2. The molecule has 2 heterocycles. The molecule has 1 aromatic heterocycles. The van der Waals surface area contributed by atoms with Gasteiger partial charge < -0.3 is 15.2 Å². The van der Waals surface area contributed by atoms with E-state index in [0.29, 0.717) is 23.0 Å². The monoisotopic (exact) mass is 348 g/mol. The fourth-order valence-corrected chi connectivity index (χ4v) is 3.40. The van der Waals surface area contributed by atoms with Crippen molar-refractivity contribution in [1.82, 2.24) is 15.5 Å². The number of anilines is 1. The smallest absolute Gasteiger partial charge is 0.232 e. The molecule has 1 aliphatic heterocycles. The Hall–Kier alpha value is -1.92. The van der Waals surface area contributed by atoms with Gasteiger partial charge in [0, 0.05) is 18.2 Å². The molecular weight excluding hydrogens is 328 g/mol. The molecule has 4 rings (SSSR count). The molecule has 1 saturated carbocycles. The fourth-order valence-electron chi connectivity index (χ4n) is 3.40. The maximum atomic E-state index is 12.1. The third kappa shape index (κ3) is 3.30. The summed E-state index contributed by atoms with van der Waals surface area (Å²) in [6, 6.07) is 7.69. The number of aromatic nitrogens is 2. The highest BCUT2D eigenvalue weighted by Gasteiger charge is 2.58. The lowest BCUT2D eigenvalue weighted by Gasteiger charge is -2.03. The van der Waals surface area contributed by atoms with Crippen molar-refractivity contribution in [2.24, 2.45) is 5.41 Å². The van der Waals surface area contributed by atoms with Crippen molar-refractivity contribution in [3.8, 4) is 0 Å². The third-order valence-corrected chi connectivity index (χ3v) is 4.90. The van der Waals surface area contributed by atoms with E-state index in [9.17, 15) is 4.79 Å². The lowest BCUT2D eigenvalue weighted by Crippen LogP contribution is -2.15. The Morgan fingerprint density at radius 3 is 2.92 bits per heavy atom. The summed E-state index contributed by atoms with van der Waals surface area (Å²) in [5.74, 6) is 1.37. The fraction of sp³-hybridized carbons (Fsp3) is 0.471. The van der Waals surface area contributed by atoms with Gasteiger partial charge in [-0.05, 0) is 43.9 Å². The van der Waals surface area contributed by atoms with Gasteiger partial charge in [-0.1, -0.05) is 22.9 Å². The van der Waals surface area contributed by atoms with E-state index in [2.05, 4.69) is 20.8 Å². The van der Waals surface area contributed by atoms with Crippen molar-refractivity contribution in [1.29, 1.82) is 0 Å². The van der Waals surface area contributed by atoms with Crippen LogP contribution in [0.1, 0.15) is 36.0 Å². The van der Waals surface area contributed by atoms with E-state index in [1.807, 2.05) is 31.2 Å². The number of rotatable bonds is 4. The van der Waals surface area contributed by atoms with Crippen LogP contribution in [-0.2, 0) is 11.2 Å². The van der Waals surface area contributed by atoms with Gasteiger partial charge in [0.2, 0.25) is 11.8 Å². The van der Waals surface area contributed by atoms with Crippen LogP contribution in [0.4, 0.5) is 5.69 Å². The van der Waals surface area contributed by atoms with Crippen molar-refractivity contribution < 1.29 is 9.32 Å². The molecule has 128 valence electrons. The zero-order chi connectivity index (χ0) is 15.9. The van der Waals surface area contributed by atoms with Gasteiger partial charge in [0.05, 0.1) is 6.42 Å². The van der Waals surface area contributed by atoms with Crippen LogP contribution in [0.2, 0.25) is 0 Å². The molecular formula is C17H21ClN4O2. The zero-order valence-corrected chi connectivity index (χ0v) is 14.4. The Labute approximate surface area is 146 Å². The van der Waals surface area contributed by atoms with Gasteiger partial charge in [0.15, 0.2) is 5.82 Å². The molecule has 2 aliphatic rings. The lowest BCUT2D eigenvalue weighted by atomic mass is 10.0. The number of halogens is 1. The number of aryl methyl sites for hydroxylation is 1. The molecule has 2 aromatic rings. The molecule has 2 atom stereocenters. The Morgan fingerprint density at radius 1 is 1.42 bits per heavy atom. The van der Waals surface area contributed by atoms with Crippen LogP contribution in [0.15, 0.2) is 28.8 Å². The SMILES string of the molecule is Cc1ccc(NC(=O)Cc2noc(C3CC34CCNC4)n2)cc1.Cl. The van der Waals surface area contributed by atoms with Crippen LogP contribution in [0.3, 0.4) is 0 Å². The van der Waals surface area contributed by atoms with Crippen molar-refractivity contribution in [3.63, 3.8) is 0 Å². The van der Waals surface area contributed by atoms with E-state index < -0.39 is 0 Å². The summed E-state index contributed by atoms with van der Waals surface area (Å²) in [5.41, 5.74) is 2.27. The van der Waals surface area contributed by atoms with Gasteiger partial charge in [-0.15, -0.1) is 12.4 Å². The highest BCUT2D eigenvalue weighted by atomic mass is 35.5. The third-order valence-electron chi connectivity index (χ3n) is 4.90. The second kappa shape index (κ2) is 6.53. The molecule has 1 aromatic carbocycles. The molecule has 1 aliphatic carbocycles. The number of benzene rings is 1. The Kier molecular flexibility index (Phi) is 4.60. The number of nitrogens with zero attached hydrogens (tertiary/aromatic N) is 2. The first-order valence-corrected chi connectivity index (χ1v) is 8.04. The van der Waals surface area contributed by atoms with E-state index in [0.717, 1.165) is 30.8 Å². The van der Waals surface area contributed by atoms with Crippen LogP contribution in [0.25, 0.3) is 0 Å². The van der Waals surface area contributed by atoms with Crippen LogP contribution in [0.5, 0.6) is 0 Å². The number of carbonyl (C=O) groups is 1. The van der Waals surface area contributed by atoms with Gasteiger partial charge >= 0.3 is 0 Å². The number of hydrogen-bond acceptors (Lipinski definition) is 5. The van der Waals surface area contributed by atoms with E-state index in [1.165, 1.54) is 6.42 Å². The van der Waals surface area contributed by atoms with E-state index in [1.54, 1.807) is 0 Å². The Morgan fingerprint density at radius 2 is 2.21 bits per heavy atom. The molecule has 24 heavy (non-hydrogen) atoms. The lowest BCUT2D eigenvalue weighted by molar-refractivity contribution is -0.115.